The molecule has 0 unspecified atom stereocenters. The Hall–Kier alpha value is -3.40. The molecule has 1 saturated heterocycles. The number of ether oxygens (including phenoxy) is 2. The van der Waals surface area contributed by atoms with E-state index in [9.17, 15) is 22.8 Å². The van der Waals surface area contributed by atoms with Crippen LogP contribution in [-0.4, -0.2) is 40.4 Å². The Labute approximate surface area is 167 Å². The van der Waals surface area contributed by atoms with Crippen LogP contribution in [0.25, 0.3) is 0 Å². The zero-order valence-electron chi connectivity index (χ0n) is 15.7. The highest BCUT2D eigenvalue weighted by molar-refractivity contribution is 7.92. The lowest BCUT2D eigenvalue weighted by atomic mass is 10.2. The van der Waals surface area contributed by atoms with Crippen molar-refractivity contribution in [3.63, 3.8) is 0 Å². The summed E-state index contributed by atoms with van der Waals surface area (Å²) >= 11 is 0. The van der Waals surface area contributed by atoms with Crippen molar-refractivity contribution in [2.75, 3.05) is 23.8 Å². The number of hydrogen-bond donors (Lipinski definition) is 1. The molecular weight excluding hydrogens is 400 g/mol. The van der Waals surface area contributed by atoms with Gasteiger partial charge in [-0.25, -0.2) is 18.1 Å². The second-order valence-electron chi connectivity index (χ2n) is 6.10. The maximum atomic E-state index is 12.9. The van der Waals surface area contributed by atoms with Crippen molar-refractivity contribution in [2.24, 2.45) is 0 Å². The molecular formula is C19H18N2O7S. The first kappa shape index (κ1) is 20.3. The lowest BCUT2D eigenvalue weighted by Crippen LogP contribution is -2.29. The smallest absolute Gasteiger partial charge is 0.339 e. The second kappa shape index (κ2) is 7.92. The summed E-state index contributed by atoms with van der Waals surface area (Å²) in [6, 6.07) is 9.78. The van der Waals surface area contributed by atoms with Crippen LogP contribution >= 0.6 is 0 Å². The molecule has 0 aromatic heterocycles. The van der Waals surface area contributed by atoms with Gasteiger partial charge < -0.3 is 9.47 Å². The lowest BCUT2D eigenvalue weighted by Gasteiger charge is -2.19. The summed E-state index contributed by atoms with van der Waals surface area (Å²) in [6.45, 7) is 0. The molecule has 1 heterocycles. The molecule has 10 heteroatoms. The van der Waals surface area contributed by atoms with Crippen LogP contribution in [0.1, 0.15) is 23.2 Å². The maximum absolute atomic E-state index is 12.9. The second-order valence-corrected chi connectivity index (χ2v) is 7.78. The van der Waals surface area contributed by atoms with Crippen molar-refractivity contribution < 1.29 is 32.3 Å². The molecule has 0 spiro atoms. The number of carbonyl (C=O) groups is 3. The van der Waals surface area contributed by atoms with E-state index < -0.39 is 27.8 Å². The normalized spacial score (nSPS) is 14.1. The van der Waals surface area contributed by atoms with E-state index in [2.05, 4.69) is 9.46 Å². The number of rotatable bonds is 6. The summed E-state index contributed by atoms with van der Waals surface area (Å²) < 4.78 is 38.0. The van der Waals surface area contributed by atoms with Crippen molar-refractivity contribution in [2.45, 2.75) is 17.7 Å². The molecule has 1 aliphatic rings. The van der Waals surface area contributed by atoms with Gasteiger partial charge in [0.1, 0.15) is 5.75 Å². The Morgan fingerprint density at radius 1 is 1.03 bits per heavy atom. The number of nitrogens with one attached hydrogen (secondary N) is 1. The minimum atomic E-state index is -4.15. The molecule has 2 aromatic carbocycles. The number of carbonyl (C=O) groups excluding carboxylic acids is 3. The topological polar surface area (TPSA) is 119 Å². The minimum Gasteiger partial charge on any atom is -0.495 e. The van der Waals surface area contributed by atoms with Crippen LogP contribution in [0.3, 0.4) is 0 Å². The monoisotopic (exact) mass is 418 g/mol. The van der Waals surface area contributed by atoms with Crippen molar-refractivity contribution in [3.8, 4) is 5.75 Å². The average Bonchev–Trinajstić information content (AvgIpc) is 3.05. The van der Waals surface area contributed by atoms with Gasteiger partial charge in [-0.1, -0.05) is 12.1 Å². The van der Waals surface area contributed by atoms with Crippen LogP contribution in [0.15, 0.2) is 47.4 Å². The molecule has 1 aliphatic heterocycles. The van der Waals surface area contributed by atoms with Crippen LogP contribution < -0.4 is 14.4 Å². The lowest BCUT2D eigenvalue weighted by molar-refractivity contribution is -0.121. The van der Waals surface area contributed by atoms with Crippen molar-refractivity contribution in [1.29, 1.82) is 0 Å². The maximum Gasteiger partial charge on any atom is 0.339 e. The first-order valence-corrected chi connectivity index (χ1v) is 10.0. The molecule has 2 aromatic rings. The summed E-state index contributed by atoms with van der Waals surface area (Å²) in [5.41, 5.74) is 0.117. The molecule has 0 saturated carbocycles. The molecule has 1 N–H and O–H groups in total. The van der Waals surface area contributed by atoms with E-state index in [1.54, 1.807) is 12.1 Å². The Kier molecular flexibility index (Phi) is 5.55. The first-order valence-electron chi connectivity index (χ1n) is 8.52. The summed E-state index contributed by atoms with van der Waals surface area (Å²) in [5.74, 6) is -1.40. The predicted octanol–water partition coefficient (Wildman–Crippen LogP) is 1.94. The van der Waals surface area contributed by atoms with Gasteiger partial charge in [-0.05, 0) is 30.3 Å². The molecule has 29 heavy (non-hydrogen) atoms. The number of benzene rings is 2. The standard InChI is InChI=1S/C19H18N2O7S/c1-27-16-8-7-12(11-15(16)21-17(22)9-10-18(21)23)29(25,26)20-14-6-4-3-5-13(14)19(24)28-2/h3-8,11,20H,9-10H2,1-2H3. The molecule has 0 bridgehead atoms. The number of para-hydroxylation sites is 1. The number of esters is 1. The molecule has 0 atom stereocenters. The number of nitrogens with zero attached hydrogens (tertiary/aromatic N) is 1. The van der Waals surface area contributed by atoms with Gasteiger partial charge >= 0.3 is 5.97 Å². The largest absolute Gasteiger partial charge is 0.495 e. The molecule has 0 aliphatic carbocycles. The fourth-order valence-corrected chi connectivity index (χ4v) is 4.02. The molecule has 0 radical (unpaired) electrons. The minimum absolute atomic E-state index is 0.0324. The van der Waals surface area contributed by atoms with Gasteiger partial charge in [0.2, 0.25) is 11.8 Å². The number of anilines is 2. The van der Waals surface area contributed by atoms with Crippen LogP contribution in [0, 0.1) is 0 Å². The number of imide groups is 1. The third-order valence-electron chi connectivity index (χ3n) is 4.33. The van der Waals surface area contributed by atoms with E-state index in [1.165, 1.54) is 44.6 Å². The van der Waals surface area contributed by atoms with E-state index in [4.69, 9.17) is 4.74 Å². The van der Waals surface area contributed by atoms with Gasteiger partial charge in [0.25, 0.3) is 10.0 Å². The SMILES string of the molecule is COC(=O)c1ccccc1NS(=O)(=O)c1ccc(OC)c(N2C(=O)CCC2=O)c1. The highest BCUT2D eigenvalue weighted by Gasteiger charge is 2.33. The zero-order chi connectivity index (χ0) is 21.2. The van der Waals surface area contributed by atoms with Crippen LogP contribution in [0.4, 0.5) is 11.4 Å². The third kappa shape index (κ3) is 3.92. The average molecular weight is 418 g/mol. The molecule has 1 fully saturated rings. The van der Waals surface area contributed by atoms with Gasteiger partial charge in [-0.2, -0.15) is 0 Å². The number of hydrogen-bond acceptors (Lipinski definition) is 7. The van der Waals surface area contributed by atoms with E-state index in [0.717, 1.165) is 4.90 Å². The molecule has 152 valence electrons. The summed E-state index contributed by atoms with van der Waals surface area (Å²) in [6.07, 6.45) is 0.0907. The molecule has 2 amide bonds. The highest BCUT2D eigenvalue weighted by Crippen LogP contribution is 2.34. The Balaban J connectivity index is 2.03. The summed E-state index contributed by atoms with van der Waals surface area (Å²) in [5, 5.41) is 0. The van der Waals surface area contributed by atoms with Gasteiger partial charge in [-0.15, -0.1) is 0 Å². The van der Waals surface area contributed by atoms with Gasteiger partial charge in [0.05, 0.1) is 36.1 Å². The van der Waals surface area contributed by atoms with E-state index in [0.29, 0.717) is 0 Å². The van der Waals surface area contributed by atoms with E-state index in [-0.39, 0.29) is 40.4 Å². The predicted molar refractivity (Wildman–Crippen MR) is 103 cm³/mol. The number of methoxy groups -OCH3 is 2. The number of amides is 2. The Bertz CT molecular complexity index is 1080. The number of sulfonamides is 1. The fraction of sp³-hybridized carbons (Fsp3) is 0.211. The van der Waals surface area contributed by atoms with Crippen molar-refractivity contribution in [1.82, 2.24) is 0 Å². The van der Waals surface area contributed by atoms with Gasteiger partial charge in [0, 0.05) is 12.8 Å². The molecule has 9 nitrogen and oxygen atoms in total. The fourth-order valence-electron chi connectivity index (χ4n) is 2.92. The Morgan fingerprint density at radius 2 is 1.69 bits per heavy atom. The highest BCUT2D eigenvalue weighted by atomic mass is 32.2. The van der Waals surface area contributed by atoms with E-state index in [1.807, 2.05) is 0 Å². The van der Waals surface area contributed by atoms with Crippen LogP contribution in [0.2, 0.25) is 0 Å². The van der Waals surface area contributed by atoms with Crippen molar-refractivity contribution in [3.05, 3.63) is 48.0 Å². The Morgan fingerprint density at radius 3 is 2.31 bits per heavy atom. The van der Waals surface area contributed by atoms with Gasteiger partial charge in [-0.3, -0.25) is 14.3 Å². The first-order chi connectivity index (χ1) is 13.8. The zero-order valence-corrected chi connectivity index (χ0v) is 16.5. The third-order valence-corrected chi connectivity index (χ3v) is 5.69. The summed E-state index contributed by atoms with van der Waals surface area (Å²) in [7, 11) is -1.61. The molecule has 3 rings (SSSR count). The van der Waals surface area contributed by atoms with Gasteiger partial charge in [0.15, 0.2) is 0 Å². The van der Waals surface area contributed by atoms with Crippen molar-refractivity contribution >= 4 is 39.2 Å². The quantitative estimate of drug-likeness (QED) is 0.562. The van der Waals surface area contributed by atoms with Crippen LogP contribution in [-0.2, 0) is 24.3 Å². The van der Waals surface area contributed by atoms with E-state index >= 15 is 0 Å². The summed E-state index contributed by atoms with van der Waals surface area (Å²) in [4.78, 5) is 36.8. The van der Waals surface area contributed by atoms with Crippen LogP contribution in [0.5, 0.6) is 5.75 Å².